The van der Waals surface area contributed by atoms with Crippen LogP contribution in [0.25, 0.3) is 0 Å². The van der Waals surface area contributed by atoms with Gasteiger partial charge >= 0.3 is 0 Å². The molecule has 1 saturated carbocycles. The Bertz CT molecular complexity index is 583. The minimum atomic E-state index is -0.227. The maximum absolute atomic E-state index is 13.1. The average molecular weight is 391 g/mol. The Hall–Kier alpha value is -0.900. The van der Waals surface area contributed by atoms with Crippen molar-refractivity contribution >= 4 is 11.7 Å². The number of hydrogen-bond acceptors (Lipinski definition) is 3. The molecule has 1 unspecified atom stereocenters. The summed E-state index contributed by atoms with van der Waals surface area (Å²) >= 11 is 0. The molecule has 1 amide bonds. The Kier molecular flexibility index (Phi) is 6.02. The first kappa shape index (κ1) is 21.8. The smallest absolute Gasteiger partial charge is 0.225 e. The molecule has 3 rings (SSSR count). The highest BCUT2D eigenvalue weighted by Crippen LogP contribution is 2.50. The zero-order valence-electron chi connectivity index (χ0n) is 19.1. The van der Waals surface area contributed by atoms with E-state index in [-0.39, 0.29) is 22.8 Å². The molecule has 3 aliphatic rings. The predicted molar refractivity (Wildman–Crippen MR) is 114 cm³/mol. The first-order valence-electron chi connectivity index (χ1n) is 11.5. The van der Waals surface area contributed by atoms with Crippen LogP contribution in [0.2, 0.25) is 0 Å². The molecule has 4 nitrogen and oxygen atoms in total. The van der Waals surface area contributed by atoms with Crippen LogP contribution in [-0.4, -0.2) is 53.2 Å². The van der Waals surface area contributed by atoms with Gasteiger partial charge in [0.2, 0.25) is 5.91 Å². The fourth-order valence-electron chi connectivity index (χ4n) is 5.75. The summed E-state index contributed by atoms with van der Waals surface area (Å²) in [5.41, 5.74) is 0.293. The third-order valence-electron chi connectivity index (χ3n) is 7.74. The molecule has 1 atom stereocenters. The molecular formula is C24H42N2O2. The fourth-order valence-corrected chi connectivity index (χ4v) is 5.75. The molecule has 0 bridgehead atoms. The van der Waals surface area contributed by atoms with Crippen LogP contribution in [0.4, 0.5) is 0 Å². The van der Waals surface area contributed by atoms with Crippen molar-refractivity contribution in [1.29, 1.82) is 0 Å². The van der Waals surface area contributed by atoms with Gasteiger partial charge in [-0.1, -0.05) is 20.8 Å². The van der Waals surface area contributed by atoms with Crippen molar-refractivity contribution in [3.8, 4) is 0 Å². The Labute approximate surface area is 172 Å². The van der Waals surface area contributed by atoms with Gasteiger partial charge in [0, 0.05) is 35.9 Å². The van der Waals surface area contributed by atoms with Crippen LogP contribution < -0.4 is 0 Å². The highest BCUT2D eigenvalue weighted by molar-refractivity contribution is 5.86. The lowest BCUT2D eigenvalue weighted by Gasteiger charge is -2.44. The topological polar surface area (TPSA) is 40.6 Å². The van der Waals surface area contributed by atoms with Gasteiger partial charge in [-0.25, -0.2) is 0 Å². The van der Waals surface area contributed by atoms with E-state index in [1.54, 1.807) is 0 Å². The molecule has 0 N–H and O–H groups in total. The van der Waals surface area contributed by atoms with Crippen LogP contribution in [0.5, 0.6) is 0 Å². The second kappa shape index (κ2) is 7.74. The summed E-state index contributed by atoms with van der Waals surface area (Å²) in [5, 5.41) is 0. The number of ketones is 1. The molecule has 2 saturated heterocycles. The van der Waals surface area contributed by atoms with Gasteiger partial charge in [0.15, 0.2) is 0 Å². The number of likely N-dealkylation sites (tertiary alicyclic amines) is 2. The van der Waals surface area contributed by atoms with E-state index in [1.165, 1.54) is 6.42 Å². The van der Waals surface area contributed by atoms with Crippen molar-refractivity contribution in [3.05, 3.63) is 0 Å². The molecule has 0 aromatic carbocycles. The van der Waals surface area contributed by atoms with Crippen LogP contribution in [0.1, 0.15) is 86.5 Å². The van der Waals surface area contributed by atoms with Crippen molar-refractivity contribution in [2.75, 3.05) is 26.2 Å². The van der Waals surface area contributed by atoms with Crippen LogP contribution in [0.3, 0.4) is 0 Å². The molecular weight excluding hydrogens is 348 g/mol. The summed E-state index contributed by atoms with van der Waals surface area (Å²) in [5.74, 6) is 1.28. The van der Waals surface area contributed by atoms with Gasteiger partial charge in [-0.15, -0.1) is 0 Å². The van der Waals surface area contributed by atoms with E-state index < -0.39 is 0 Å². The van der Waals surface area contributed by atoms with Crippen LogP contribution in [-0.2, 0) is 9.59 Å². The minimum Gasteiger partial charge on any atom is -0.342 e. The number of Topliss-reactive ketones (excluding diaryl/α,β-unsaturated/α-hetero) is 1. The van der Waals surface area contributed by atoms with Gasteiger partial charge in [-0.3, -0.25) is 14.5 Å². The first-order chi connectivity index (χ1) is 12.9. The summed E-state index contributed by atoms with van der Waals surface area (Å²) in [7, 11) is 0. The molecule has 2 heterocycles. The quantitative estimate of drug-likeness (QED) is 0.696. The maximum Gasteiger partial charge on any atom is 0.225 e. The number of carbonyl (C=O) groups is 2. The van der Waals surface area contributed by atoms with Gasteiger partial charge in [0.1, 0.15) is 5.78 Å². The second-order valence-electron chi connectivity index (χ2n) is 11.8. The molecule has 0 aromatic heterocycles. The number of carbonyl (C=O) groups excluding carboxylic acids is 2. The van der Waals surface area contributed by atoms with Crippen molar-refractivity contribution < 1.29 is 9.59 Å². The molecule has 0 aromatic rings. The van der Waals surface area contributed by atoms with E-state index in [0.717, 1.165) is 64.7 Å². The Morgan fingerprint density at radius 1 is 0.786 bits per heavy atom. The van der Waals surface area contributed by atoms with E-state index >= 15 is 0 Å². The zero-order valence-corrected chi connectivity index (χ0v) is 19.1. The normalized spacial score (nSPS) is 27.4. The molecule has 1 spiro atoms. The minimum absolute atomic E-state index is 0.203. The van der Waals surface area contributed by atoms with E-state index in [2.05, 4.69) is 30.6 Å². The zero-order chi connectivity index (χ0) is 20.7. The van der Waals surface area contributed by atoms with E-state index in [0.29, 0.717) is 17.1 Å². The molecule has 160 valence electrons. The van der Waals surface area contributed by atoms with Crippen molar-refractivity contribution in [3.63, 3.8) is 0 Å². The number of amides is 1. The van der Waals surface area contributed by atoms with Crippen LogP contribution in [0.15, 0.2) is 0 Å². The van der Waals surface area contributed by atoms with Gasteiger partial charge in [-0.05, 0) is 84.2 Å². The molecule has 4 heteroatoms. The summed E-state index contributed by atoms with van der Waals surface area (Å²) < 4.78 is 0. The van der Waals surface area contributed by atoms with Gasteiger partial charge in [0.25, 0.3) is 0 Å². The molecule has 1 aliphatic carbocycles. The number of piperidine rings is 2. The lowest BCUT2D eigenvalue weighted by molar-refractivity contribution is -0.140. The van der Waals surface area contributed by atoms with Crippen molar-refractivity contribution in [2.24, 2.45) is 22.7 Å². The Morgan fingerprint density at radius 2 is 1.36 bits per heavy atom. The number of hydrogen-bond donors (Lipinski definition) is 0. The predicted octanol–water partition coefficient (Wildman–Crippen LogP) is 4.52. The van der Waals surface area contributed by atoms with Crippen LogP contribution in [0, 0.1) is 22.7 Å². The second-order valence-corrected chi connectivity index (χ2v) is 11.8. The summed E-state index contributed by atoms with van der Waals surface area (Å²) in [6.45, 7) is 16.8. The molecule has 0 radical (unpaired) electrons. The average Bonchev–Trinajstić information content (AvgIpc) is 3.03. The van der Waals surface area contributed by atoms with Crippen molar-refractivity contribution in [2.45, 2.75) is 92.0 Å². The Morgan fingerprint density at radius 3 is 1.86 bits per heavy atom. The third kappa shape index (κ3) is 4.63. The van der Waals surface area contributed by atoms with Crippen molar-refractivity contribution in [1.82, 2.24) is 9.80 Å². The van der Waals surface area contributed by atoms with Gasteiger partial charge < -0.3 is 4.90 Å². The lowest BCUT2D eigenvalue weighted by atomic mass is 9.74. The van der Waals surface area contributed by atoms with Gasteiger partial charge in [0.05, 0.1) is 0 Å². The lowest BCUT2D eigenvalue weighted by Crippen LogP contribution is -2.50. The fraction of sp³-hybridized carbons (Fsp3) is 0.917. The highest BCUT2D eigenvalue weighted by atomic mass is 16.2. The van der Waals surface area contributed by atoms with E-state index in [1.807, 2.05) is 20.8 Å². The SMILES string of the molecule is CC(C)(C)C(=O)C1CCC2(CCN(C(=O)C3CCN(C(C)(C)C)CC3)CC2)C1. The number of rotatable bonds is 2. The highest BCUT2D eigenvalue weighted by Gasteiger charge is 2.46. The number of nitrogens with zero attached hydrogens (tertiary/aromatic N) is 2. The standard InChI is InChI=1S/C24H42N2O2/c1-22(2,3)20(27)19-7-10-24(17-19)11-15-25(16-12-24)21(28)18-8-13-26(14-9-18)23(4,5)6/h18-19H,7-17H2,1-6H3. The van der Waals surface area contributed by atoms with Crippen LogP contribution >= 0.6 is 0 Å². The molecule has 3 fully saturated rings. The van der Waals surface area contributed by atoms with Gasteiger partial charge in [-0.2, -0.15) is 0 Å². The summed E-state index contributed by atoms with van der Waals surface area (Å²) in [6.07, 6.45) is 7.46. The molecule has 28 heavy (non-hydrogen) atoms. The summed E-state index contributed by atoms with van der Waals surface area (Å²) in [6, 6.07) is 0. The monoisotopic (exact) mass is 390 g/mol. The first-order valence-corrected chi connectivity index (χ1v) is 11.5. The maximum atomic E-state index is 13.1. The van der Waals surface area contributed by atoms with E-state index in [4.69, 9.17) is 0 Å². The Balaban J connectivity index is 1.49. The largest absolute Gasteiger partial charge is 0.342 e. The van der Waals surface area contributed by atoms with E-state index in [9.17, 15) is 9.59 Å². The summed E-state index contributed by atoms with van der Waals surface area (Å²) in [4.78, 5) is 30.4. The molecule has 2 aliphatic heterocycles. The third-order valence-corrected chi connectivity index (χ3v) is 7.74.